The van der Waals surface area contributed by atoms with Crippen LogP contribution >= 0.6 is 0 Å². The molecule has 2 aromatic rings. The molecule has 0 amide bonds. The number of hydrogen-bond acceptors (Lipinski definition) is 4. The smallest absolute Gasteiger partial charge is 0.308 e. The number of hydrogen-bond donors (Lipinski definition) is 2. The molecule has 2 N–H and O–H groups in total. The highest BCUT2D eigenvalue weighted by Crippen LogP contribution is 2.32. The van der Waals surface area contributed by atoms with Gasteiger partial charge in [-0.2, -0.15) is 0 Å². The maximum atomic E-state index is 11.1. The number of nitrogens with zero attached hydrogens (tertiary/aromatic N) is 1. The average Bonchev–Trinajstić information content (AvgIpc) is 2.72. The molecule has 1 atom stereocenters. The van der Waals surface area contributed by atoms with E-state index in [1.165, 1.54) is 6.92 Å². The summed E-state index contributed by atoms with van der Waals surface area (Å²) in [7, 11) is 3.79. The van der Waals surface area contributed by atoms with Crippen molar-refractivity contribution < 1.29 is 14.6 Å². The summed E-state index contributed by atoms with van der Waals surface area (Å²) in [5.41, 5.74) is 1.58. The lowest BCUT2D eigenvalue weighted by Gasteiger charge is -2.16. The Morgan fingerprint density at radius 1 is 1.47 bits per heavy atom. The van der Waals surface area contributed by atoms with Crippen molar-refractivity contribution in [2.45, 2.75) is 13.0 Å². The average molecular weight is 262 g/mol. The highest BCUT2D eigenvalue weighted by atomic mass is 16.5. The van der Waals surface area contributed by atoms with Crippen molar-refractivity contribution in [1.82, 2.24) is 9.88 Å². The number of benzene rings is 1. The van der Waals surface area contributed by atoms with Crippen LogP contribution in [0.4, 0.5) is 0 Å². The molecule has 0 aliphatic rings. The lowest BCUT2D eigenvalue weighted by molar-refractivity contribution is -0.131. The Hall–Kier alpha value is -1.85. The van der Waals surface area contributed by atoms with Gasteiger partial charge in [0.25, 0.3) is 0 Å². The number of fused-ring (bicyclic) bond motifs is 1. The Labute approximate surface area is 111 Å². The molecule has 0 bridgehead atoms. The van der Waals surface area contributed by atoms with Gasteiger partial charge in [0, 0.05) is 36.1 Å². The highest BCUT2D eigenvalue weighted by Gasteiger charge is 2.17. The third kappa shape index (κ3) is 2.94. The van der Waals surface area contributed by atoms with E-state index in [4.69, 9.17) is 4.74 Å². The second-order valence-corrected chi connectivity index (χ2v) is 4.79. The summed E-state index contributed by atoms with van der Waals surface area (Å²) >= 11 is 0. The molecule has 19 heavy (non-hydrogen) atoms. The first-order valence-corrected chi connectivity index (χ1v) is 6.10. The first kappa shape index (κ1) is 13.6. The van der Waals surface area contributed by atoms with Gasteiger partial charge < -0.3 is 19.7 Å². The minimum atomic E-state index is -0.638. The van der Waals surface area contributed by atoms with Gasteiger partial charge in [0.15, 0.2) is 0 Å². The zero-order valence-electron chi connectivity index (χ0n) is 11.3. The monoisotopic (exact) mass is 262 g/mol. The summed E-state index contributed by atoms with van der Waals surface area (Å²) < 4.78 is 5.20. The number of aliphatic hydroxyl groups excluding tert-OH is 1. The molecule has 1 heterocycles. The van der Waals surface area contributed by atoms with Gasteiger partial charge in [-0.3, -0.25) is 4.79 Å². The Morgan fingerprint density at radius 3 is 2.84 bits per heavy atom. The molecule has 1 aromatic carbocycles. The fraction of sp³-hybridized carbons (Fsp3) is 0.357. The van der Waals surface area contributed by atoms with Gasteiger partial charge in [0.1, 0.15) is 5.75 Å². The number of nitrogens with one attached hydrogen (secondary N) is 1. The molecule has 1 unspecified atom stereocenters. The van der Waals surface area contributed by atoms with Gasteiger partial charge in [0.2, 0.25) is 0 Å². The predicted octanol–water partition coefficient (Wildman–Crippen LogP) is 1.69. The topological polar surface area (TPSA) is 65.6 Å². The van der Waals surface area contributed by atoms with Crippen molar-refractivity contribution in [2.24, 2.45) is 0 Å². The van der Waals surface area contributed by atoms with E-state index in [9.17, 15) is 9.90 Å². The number of likely N-dealkylation sites (N-methyl/N-ethyl adjacent to an activating group) is 1. The largest absolute Gasteiger partial charge is 0.426 e. The first-order valence-electron chi connectivity index (χ1n) is 6.10. The third-order valence-corrected chi connectivity index (χ3v) is 2.85. The number of carbonyl (C=O) groups excluding carboxylic acids is 1. The van der Waals surface area contributed by atoms with Gasteiger partial charge in [-0.25, -0.2) is 0 Å². The van der Waals surface area contributed by atoms with Crippen LogP contribution in [0, 0.1) is 0 Å². The molecular formula is C14H18N2O3. The van der Waals surface area contributed by atoms with E-state index in [0.717, 1.165) is 16.5 Å². The fourth-order valence-electron chi connectivity index (χ4n) is 2.12. The number of aliphatic hydroxyl groups is 1. The Bertz CT molecular complexity index is 589. The molecule has 0 radical (unpaired) electrons. The van der Waals surface area contributed by atoms with E-state index >= 15 is 0 Å². The van der Waals surface area contributed by atoms with E-state index in [1.807, 2.05) is 25.1 Å². The Morgan fingerprint density at radius 2 is 2.21 bits per heavy atom. The van der Waals surface area contributed by atoms with Crippen LogP contribution in [0.15, 0.2) is 24.4 Å². The maximum absolute atomic E-state index is 11.1. The Kier molecular flexibility index (Phi) is 3.87. The van der Waals surface area contributed by atoms with Crippen LogP contribution < -0.4 is 4.74 Å². The molecule has 1 aromatic heterocycles. The predicted molar refractivity (Wildman–Crippen MR) is 73.1 cm³/mol. The SMILES string of the molecule is CC(=O)Oc1cccc2[nH]cc(C(O)CN(C)C)c12. The Balaban J connectivity index is 2.47. The molecule has 5 heteroatoms. The van der Waals surface area contributed by atoms with E-state index in [-0.39, 0.29) is 5.97 Å². The second-order valence-electron chi connectivity index (χ2n) is 4.79. The summed E-state index contributed by atoms with van der Waals surface area (Å²) in [4.78, 5) is 16.1. The zero-order valence-corrected chi connectivity index (χ0v) is 11.3. The highest BCUT2D eigenvalue weighted by molar-refractivity contribution is 5.91. The number of aromatic nitrogens is 1. The number of ether oxygens (including phenoxy) is 1. The molecular weight excluding hydrogens is 244 g/mol. The van der Waals surface area contributed by atoms with Crippen molar-refractivity contribution in [3.05, 3.63) is 30.0 Å². The molecule has 0 fully saturated rings. The van der Waals surface area contributed by atoms with Gasteiger partial charge in [-0.1, -0.05) is 6.07 Å². The number of carbonyl (C=O) groups is 1. The minimum Gasteiger partial charge on any atom is -0.426 e. The maximum Gasteiger partial charge on any atom is 0.308 e. The number of rotatable bonds is 4. The molecule has 0 saturated heterocycles. The number of aromatic amines is 1. The van der Waals surface area contributed by atoms with Crippen LogP contribution in [0.5, 0.6) is 5.75 Å². The normalized spacial score (nSPS) is 12.9. The molecule has 2 rings (SSSR count). The van der Waals surface area contributed by atoms with E-state index in [0.29, 0.717) is 12.3 Å². The molecule has 0 aliphatic heterocycles. The summed E-state index contributed by atoms with van der Waals surface area (Å²) in [5, 5.41) is 11.0. The lowest BCUT2D eigenvalue weighted by Crippen LogP contribution is -2.19. The molecule has 102 valence electrons. The van der Waals surface area contributed by atoms with Gasteiger partial charge in [-0.15, -0.1) is 0 Å². The first-order chi connectivity index (χ1) is 8.99. The van der Waals surface area contributed by atoms with Crippen molar-refractivity contribution in [3.8, 4) is 5.75 Å². The van der Waals surface area contributed by atoms with Crippen LogP contribution in [-0.2, 0) is 4.79 Å². The van der Waals surface area contributed by atoms with Gasteiger partial charge in [0.05, 0.1) is 6.10 Å². The second kappa shape index (κ2) is 5.42. The van der Waals surface area contributed by atoms with E-state index in [1.54, 1.807) is 18.3 Å². The number of esters is 1. The molecule has 0 aliphatic carbocycles. The molecule has 0 spiro atoms. The fourth-order valence-corrected chi connectivity index (χ4v) is 2.12. The van der Waals surface area contributed by atoms with Crippen molar-refractivity contribution in [3.63, 3.8) is 0 Å². The van der Waals surface area contributed by atoms with Crippen LogP contribution in [-0.4, -0.2) is 41.6 Å². The van der Waals surface area contributed by atoms with Crippen LogP contribution in [0.3, 0.4) is 0 Å². The van der Waals surface area contributed by atoms with E-state index in [2.05, 4.69) is 4.98 Å². The van der Waals surface area contributed by atoms with Crippen LogP contribution in [0.25, 0.3) is 10.9 Å². The summed E-state index contributed by atoms with van der Waals surface area (Å²) in [6, 6.07) is 5.41. The lowest BCUT2D eigenvalue weighted by atomic mass is 10.1. The van der Waals surface area contributed by atoms with Crippen molar-refractivity contribution >= 4 is 16.9 Å². The van der Waals surface area contributed by atoms with Crippen molar-refractivity contribution in [1.29, 1.82) is 0 Å². The summed E-state index contributed by atoms with van der Waals surface area (Å²) in [6.45, 7) is 1.86. The third-order valence-electron chi connectivity index (χ3n) is 2.85. The summed E-state index contributed by atoms with van der Waals surface area (Å²) in [5.74, 6) is 0.0980. The molecule has 0 saturated carbocycles. The van der Waals surface area contributed by atoms with Crippen LogP contribution in [0.2, 0.25) is 0 Å². The summed E-state index contributed by atoms with van der Waals surface area (Å²) in [6.07, 6.45) is 1.12. The minimum absolute atomic E-state index is 0.373. The number of H-pyrrole nitrogens is 1. The zero-order chi connectivity index (χ0) is 14.0. The van der Waals surface area contributed by atoms with Gasteiger partial charge >= 0.3 is 5.97 Å². The van der Waals surface area contributed by atoms with E-state index < -0.39 is 6.10 Å². The van der Waals surface area contributed by atoms with Crippen LogP contribution in [0.1, 0.15) is 18.6 Å². The molecule has 5 nitrogen and oxygen atoms in total. The van der Waals surface area contributed by atoms with Crippen molar-refractivity contribution in [2.75, 3.05) is 20.6 Å². The standard InChI is InChI=1S/C14H18N2O3/c1-9(17)19-13-6-4-5-11-14(13)10(7-15-11)12(18)8-16(2)3/h4-7,12,15,18H,8H2,1-3H3. The van der Waals surface area contributed by atoms with Gasteiger partial charge in [-0.05, 0) is 26.2 Å². The quantitative estimate of drug-likeness (QED) is 0.650.